The average molecular weight is 458 g/mol. The minimum Gasteiger partial charge on any atom is -0.390 e. The largest absolute Gasteiger partial charge is 0.390 e. The molecule has 5 N–H and O–H groups in total. The third-order valence-corrected chi connectivity index (χ3v) is 6.10. The molecule has 1 aliphatic carbocycles. The van der Waals surface area contributed by atoms with Crippen molar-refractivity contribution in [2.75, 3.05) is 17.6 Å². The number of aliphatic hydroxyl groups is 1. The Hall–Kier alpha value is -3.04. The van der Waals surface area contributed by atoms with Crippen LogP contribution in [-0.4, -0.2) is 34.0 Å². The third-order valence-electron chi connectivity index (χ3n) is 6.10. The second-order valence-corrected chi connectivity index (χ2v) is 8.49. The molecule has 0 amide bonds. The number of nitrogens with one attached hydrogen (secondary N) is 2. The molecule has 4 rings (SSSR count). The summed E-state index contributed by atoms with van der Waals surface area (Å²) in [6.07, 6.45) is 3.28. The van der Waals surface area contributed by atoms with Crippen molar-refractivity contribution in [3.05, 3.63) is 70.3 Å². The predicted octanol–water partition coefficient (Wildman–Crippen LogP) is 3.54. The fraction of sp³-hybridized carbons (Fsp3) is 0.417. The number of aromatic nitrogens is 2. The Bertz CT molecular complexity index is 1070. The Morgan fingerprint density at radius 2 is 1.94 bits per heavy atom. The number of hydrogen-bond acceptors (Lipinski definition) is 7. The van der Waals surface area contributed by atoms with Crippen LogP contribution in [0.5, 0.6) is 0 Å². The molecule has 33 heavy (non-hydrogen) atoms. The lowest BCUT2D eigenvalue weighted by Gasteiger charge is -2.30. The summed E-state index contributed by atoms with van der Waals surface area (Å²) in [7, 11) is 0. The van der Waals surface area contributed by atoms with Crippen LogP contribution in [0.15, 0.2) is 40.8 Å². The fourth-order valence-electron chi connectivity index (χ4n) is 4.40. The fourth-order valence-corrected chi connectivity index (χ4v) is 4.40. The van der Waals surface area contributed by atoms with Gasteiger partial charge in [0.1, 0.15) is 11.6 Å². The zero-order valence-corrected chi connectivity index (χ0v) is 18.5. The number of hydrogen-bond donors (Lipinski definition) is 4. The summed E-state index contributed by atoms with van der Waals surface area (Å²) >= 11 is 0. The first-order chi connectivity index (χ1) is 15.9. The van der Waals surface area contributed by atoms with Crippen molar-refractivity contribution in [1.82, 2.24) is 15.5 Å². The number of benzene rings is 2. The molecule has 3 unspecified atom stereocenters. The van der Waals surface area contributed by atoms with E-state index in [1.54, 1.807) is 0 Å². The molecule has 7 nitrogen and oxygen atoms in total. The standard InChI is InChI=1S/C24H29F2N5O2/c1-2-14-6-7-16-4-3-5-20(19(16)10-14)28-13-22(32)21(29-24-31-30-23(27)33-24)11-15-8-17(25)12-18(26)9-15/h6-10,12,20-22,28,32H,2-5,11,13H2,1H3,(H2,27,30)(H,29,31). The van der Waals surface area contributed by atoms with E-state index < -0.39 is 23.8 Å². The Balaban J connectivity index is 1.49. The molecule has 3 aromatic rings. The van der Waals surface area contributed by atoms with Gasteiger partial charge in [-0.15, -0.1) is 0 Å². The van der Waals surface area contributed by atoms with Crippen LogP contribution in [0.2, 0.25) is 0 Å². The lowest BCUT2D eigenvalue weighted by atomic mass is 9.86. The van der Waals surface area contributed by atoms with Gasteiger partial charge in [0.2, 0.25) is 0 Å². The number of halogens is 2. The normalized spacial score (nSPS) is 17.4. The molecular formula is C24H29F2N5O2. The van der Waals surface area contributed by atoms with Gasteiger partial charge in [0.15, 0.2) is 0 Å². The highest BCUT2D eigenvalue weighted by molar-refractivity contribution is 5.36. The number of nitrogens with two attached hydrogens (primary N) is 1. The van der Waals surface area contributed by atoms with E-state index in [0.29, 0.717) is 5.56 Å². The molecule has 0 saturated heterocycles. The number of anilines is 2. The molecule has 0 radical (unpaired) electrons. The second-order valence-electron chi connectivity index (χ2n) is 8.49. The highest BCUT2D eigenvalue weighted by atomic mass is 19.1. The first-order valence-corrected chi connectivity index (χ1v) is 11.2. The van der Waals surface area contributed by atoms with Gasteiger partial charge in [0.05, 0.1) is 12.1 Å². The Labute approximate surface area is 191 Å². The van der Waals surface area contributed by atoms with Crippen LogP contribution in [0.1, 0.15) is 48.1 Å². The topological polar surface area (TPSA) is 109 Å². The van der Waals surface area contributed by atoms with E-state index in [-0.39, 0.29) is 31.0 Å². The minimum absolute atomic E-state index is 0.0315. The summed E-state index contributed by atoms with van der Waals surface area (Å²) in [6, 6.07) is 9.29. The van der Waals surface area contributed by atoms with E-state index in [4.69, 9.17) is 10.2 Å². The van der Waals surface area contributed by atoms with Gasteiger partial charge in [0, 0.05) is 18.7 Å². The van der Waals surface area contributed by atoms with E-state index in [1.807, 2.05) is 0 Å². The molecule has 0 aliphatic heterocycles. The zero-order chi connectivity index (χ0) is 23.4. The molecule has 3 atom stereocenters. The van der Waals surface area contributed by atoms with E-state index >= 15 is 0 Å². The quantitative estimate of drug-likeness (QED) is 0.389. The number of rotatable bonds is 9. The van der Waals surface area contributed by atoms with E-state index in [0.717, 1.165) is 31.7 Å². The van der Waals surface area contributed by atoms with Crippen molar-refractivity contribution in [3.8, 4) is 0 Å². The third kappa shape index (κ3) is 5.85. The molecule has 1 aliphatic rings. The lowest BCUT2D eigenvalue weighted by molar-refractivity contribution is 0.142. The molecule has 0 bridgehead atoms. The number of aliphatic hydroxyl groups excluding tert-OH is 1. The smallest absolute Gasteiger partial charge is 0.317 e. The van der Waals surface area contributed by atoms with Gasteiger partial charge in [-0.2, -0.15) is 0 Å². The maximum atomic E-state index is 13.7. The van der Waals surface area contributed by atoms with Crippen LogP contribution in [-0.2, 0) is 19.3 Å². The Morgan fingerprint density at radius 1 is 1.15 bits per heavy atom. The van der Waals surface area contributed by atoms with Crippen LogP contribution in [0.3, 0.4) is 0 Å². The van der Waals surface area contributed by atoms with Crippen LogP contribution in [0.25, 0.3) is 0 Å². The molecular weight excluding hydrogens is 428 g/mol. The minimum atomic E-state index is -0.913. The first kappa shape index (κ1) is 23.1. The molecule has 1 aromatic heterocycles. The summed E-state index contributed by atoms with van der Waals surface area (Å²) in [5, 5.41) is 24.8. The molecule has 9 heteroatoms. The predicted molar refractivity (Wildman–Crippen MR) is 122 cm³/mol. The van der Waals surface area contributed by atoms with Crippen molar-refractivity contribution < 1.29 is 18.3 Å². The Morgan fingerprint density at radius 3 is 2.64 bits per heavy atom. The van der Waals surface area contributed by atoms with Crippen molar-refractivity contribution in [2.24, 2.45) is 0 Å². The van der Waals surface area contributed by atoms with Crippen molar-refractivity contribution in [3.63, 3.8) is 0 Å². The maximum Gasteiger partial charge on any atom is 0.317 e. The number of fused-ring (bicyclic) bond motifs is 1. The molecule has 0 fully saturated rings. The van der Waals surface area contributed by atoms with E-state index in [2.05, 4.69) is 46.0 Å². The summed E-state index contributed by atoms with van der Waals surface area (Å²) < 4.78 is 32.6. The summed E-state index contributed by atoms with van der Waals surface area (Å²) in [6.45, 7) is 2.39. The van der Waals surface area contributed by atoms with Gasteiger partial charge in [-0.1, -0.05) is 35.3 Å². The van der Waals surface area contributed by atoms with Crippen molar-refractivity contribution in [2.45, 2.75) is 57.2 Å². The van der Waals surface area contributed by atoms with Gasteiger partial charge in [0.25, 0.3) is 0 Å². The summed E-state index contributed by atoms with van der Waals surface area (Å²) in [5.41, 5.74) is 9.77. The van der Waals surface area contributed by atoms with Crippen molar-refractivity contribution >= 4 is 12.0 Å². The van der Waals surface area contributed by atoms with E-state index in [1.165, 1.54) is 28.8 Å². The van der Waals surface area contributed by atoms with Crippen LogP contribution in [0, 0.1) is 11.6 Å². The Kier molecular flexibility index (Phi) is 7.20. The van der Waals surface area contributed by atoms with Crippen LogP contribution >= 0.6 is 0 Å². The molecule has 0 spiro atoms. The summed E-state index contributed by atoms with van der Waals surface area (Å²) in [5.74, 6) is -1.35. The van der Waals surface area contributed by atoms with E-state index in [9.17, 15) is 13.9 Å². The lowest BCUT2D eigenvalue weighted by Crippen LogP contribution is -2.43. The molecule has 2 aromatic carbocycles. The van der Waals surface area contributed by atoms with Crippen LogP contribution < -0.4 is 16.4 Å². The number of aryl methyl sites for hydroxylation is 2. The molecule has 0 saturated carbocycles. The maximum absolute atomic E-state index is 13.7. The second kappa shape index (κ2) is 10.3. The highest BCUT2D eigenvalue weighted by Gasteiger charge is 2.26. The number of nitrogens with zero attached hydrogens (tertiary/aromatic N) is 2. The first-order valence-electron chi connectivity index (χ1n) is 11.2. The van der Waals surface area contributed by atoms with Gasteiger partial charge < -0.3 is 25.9 Å². The van der Waals surface area contributed by atoms with Gasteiger partial charge in [-0.25, -0.2) is 8.78 Å². The number of nitrogen functional groups attached to an aromatic ring is 1. The van der Waals surface area contributed by atoms with Crippen molar-refractivity contribution in [1.29, 1.82) is 0 Å². The highest BCUT2D eigenvalue weighted by Crippen LogP contribution is 2.31. The van der Waals surface area contributed by atoms with Gasteiger partial charge >= 0.3 is 12.0 Å². The molecule has 176 valence electrons. The SMILES string of the molecule is CCc1ccc2c(c1)C(NCC(O)C(Cc1cc(F)cc(F)c1)Nc1nnc(N)o1)CCC2. The summed E-state index contributed by atoms with van der Waals surface area (Å²) in [4.78, 5) is 0. The average Bonchev–Trinajstić information content (AvgIpc) is 3.20. The van der Waals surface area contributed by atoms with Gasteiger partial charge in [-0.3, -0.25) is 0 Å². The van der Waals surface area contributed by atoms with Gasteiger partial charge in [-0.05, 0) is 66.5 Å². The molecule has 1 heterocycles. The van der Waals surface area contributed by atoms with Crippen LogP contribution in [0.4, 0.5) is 20.8 Å². The zero-order valence-electron chi connectivity index (χ0n) is 18.5. The monoisotopic (exact) mass is 457 g/mol.